The van der Waals surface area contributed by atoms with E-state index in [1.165, 1.54) is 0 Å². The smallest absolute Gasteiger partial charge is 0.120 e. The Morgan fingerprint density at radius 3 is 2.72 bits per heavy atom. The van der Waals surface area contributed by atoms with Gasteiger partial charge in [0.1, 0.15) is 12.4 Å². The fourth-order valence-electron chi connectivity index (χ4n) is 1.57. The van der Waals surface area contributed by atoms with Crippen LogP contribution < -0.4 is 15.8 Å². The second-order valence-corrected chi connectivity index (χ2v) is 4.74. The molecule has 0 aliphatic heterocycles. The van der Waals surface area contributed by atoms with E-state index in [9.17, 15) is 0 Å². The topological polar surface area (TPSA) is 47.3 Å². The lowest BCUT2D eigenvalue weighted by Crippen LogP contribution is -2.12. The van der Waals surface area contributed by atoms with Crippen LogP contribution in [0.1, 0.15) is 0 Å². The van der Waals surface area contributed by atoms with Gasteiger partial charge in [-0.3, -0.25) is 0 Å². The van der Waals surface area contributed by atoms with Crippen molar-refractivity contribution in [2.24, 2.45) is 0 Å². The van der Waals surface area contributed by atoms with E-state index in [0.717, 1.165) is 21.6 Å². The summed E-state index contributed by atoms with van der Waals surface area (Å²) in [6.07, 6.45) is 0. The number of halogens is 1. The Hall–Kier alpha value is -1.68. The first-order chi connectivity index (χ1) is 8.75. The number of anilines is 2. The number of nitrogens with one attached hydrogen (secondary N) is 1. The van der Waals surface area contributed by atoms with Crippen molar-refractivity contribution in [1.29, 1.82) is 0 Å². The highest BCUT2D eigenvalue weighted by Gasteiger charge is 1.97. The average Bonchev–Trinajstić information content (AvgIpc) is 2.37. The molecule has 94 valence electrons. The zero-order valence-corrected chi connectivity index (χ0v) is 11.5. The van der Waals surface area contributed by atoms with Crippen molar-refractivity contribution in [2.45, 2.75) is 0 Å². The predicted octanol–water partition coefficient (Wildman–Crippen LogP) is 3.52. The molecule has 0 fully saturated rings. The summed E-state index contributed by atoms with van der Waals surface area (Å²) in [6.45, 7) is 1.30. The van der Waals surface area contributed by atoms with Gasteiger partial charge in [0.25, 0.3) is 0 Å². The van der Waals surface area contributed by atoms with Crippen LogP contribution in [0.4, 0.5) is 11.4 Å². The number of benzene rings is 2. The van der Waals surface area contributed by atoms with Gasteiger partial charge in [-0.2, -0.15) is 0 Å². The number of para-hydroxylation sites is 2. The fraction of sp³-hybridized carbons (Fsp3) is 0.143. The summed E-state index contributed by atoms with van der Waals surface area (Å²) in [5.41, 5.74) is 7.51. The summed E-state index contributed by atoms with van der Waals surface area (Å²) in [5, 5.41) is 3.24. The van der Waals surface area contributed by atoms with Crippen LogP contribution in [0.3, 0.4) is 0 Å². The van der Waals surface area contributed by atoms with Crippen molar-refractivity contribution >= 4 is 27.3 Å². The minimum absolute atomic E-state index is 0.588. The molecule has 0 heterocycles. The molecule has 2 aromatic carbocycles. The van der Waals surface area contributed by atoms with E-state index < -0.39 is 0 Å². The Kier molecular flexibility index (Phi) is 4.47. The van der Waals surface area contributed by atoms with Gasteiger partial charge in [-0.05, 0) is 30.3 Å². The van der Waals surface area contributed by atoms with Crippen LogP contribution in [-0.2, 0) is 0 Å². The highest BCUT2D eigenvalue weighted by molar-refractivity contribution is 9.10. The molecule has 0 aliphatic carbocycles. The summed E-state index contributed by atoms with van der Waals surface area (Å²) < 4.78 is 6.63. The van der Waals surface area contributed by atoms with Crippen molar-refractivity contribution in [2.75, 3.05) is 24.2 Å². The maximum atomic E-state index is 5.82. The predicted molar refractivity (Wildman–Crippen MR) is 79.0 cm³/mol. The molecule has 2 aromatic rings. The molecule has 0 saturated carbocycles. The third-order valence-corrected chi connectivity index (χ3v) is 2.94. The van der Waals surface area contributed by atoms with Crippen molar-refractivity contribution in [3.8, 4) is 5.75 Å². The standard InChI is InChI=1S/C14H15BrN2O/c15-11-4-3-5-12(10-11)18-9-8-17-14-7-2-1-6-13(14)16/h1-7,10,17H,8-9,16H2. The van der Waals surface area contributed by atoms with Gasteiger partial charge in [0.2, 0.25) is 0 Å². The van der Waals surface area contributed by atoms with Crippen molar-refractivity contribution in [3.63, 3.8) is 0 Å². The number of nitrogen functional groups attached to an aromatic ring is 1. The zero-order valence-electron chi connectivity index (χ0n) is 9.90. The molecule has 3 N–H and O–H groups in total. The van der Waals surface area contributed by atoms with Gasteiger partial charge in [0.05, 0.1) is 11.4 Å². The SMILES string of the molecule is Nc1ccccc1NCCOc1cccc(Br)c1. The summed E-state index contributed by atoms with van der Waals surface area (Å²) >= 11 is 3.41. The number of nitrogens with two attached hydrogens (primary N) is 1. The quantitative estimate of drug-likeness (QED) is 0.656. The molecule has 0 atom stereocenters. The molecule has 0 spiro atoms. The van der Waals surface area contributed by atoms with Gasteiger partial charge in [-0.25, -0.2) is 0 Å². The van der Waals surface area contributed by atoms with Crippen LogP contribution in [0.5, 0.6) is 5.75 Å². The van der Waals surface area contributed by atoms with E-state index in [0.29, 0.717) is 13.2 Å². The van der Waals surface area contributed by atoms with E-state index in [2.05, 4.69) is 21.2 Å². The van der Waals surface area contributed by atoms with Gasteiger partial charge in [-0.1, -0.05) is 34.1 Å². The van der Waals surface area contributed by atoms with Gasteiger partial charge < -0.3 is 15.8 Å². The molecule has 2 rings (SSSR count). The van der Waals surface area contributed by atoms with Crippen LogP contribution in [-0.4, -0.2) is 13.2 Å². The maximum absolute atomic E-state index is 5.82. The summed E-state index contributed by atoms with van der Waals surface area (Å²) in [6, 6.07) is 15.5. The molecule has 0 aliphatic rings. The number of rotatable bonds is 5. The first-order valence-electron chi connectivity index (χ1n) is 5.72. The van der Waals surface area contributed by atoms with E-state index in [-0.39, 0.29) is 0 Å². The highest BCUT2D eigenvalue weighted by atomic mass is 79.9. The monoisotopic (exact) mass is 306 g/mol. The van der Waals surface area contributed by atoms with Gasteiger partial charge in [0, 0.05) is 11.0 Å². The number of hydrogen-bond acceptors (Lipinski definition) is 3. The lowest BCUT2D eigenvalue weighted by atomic mass is 10.3. The first kappa shape index (κ1) is 12.8. The van der Waals surface area contributed by atoms with Crippen molar-refractivity contribution < 1.29 is 4.74 Å². The van der Waals surface area contributed by atoms with Gasteiger partial charge in [-0.15, -0.1) is 0 Å². The van der Waals surface area contributed by atoms with E-state index >= 15 is 0 Å². The number of ether oxygens (including phenoxy) is 1. The third-order valence-electron chi connectivity index (χ3n) is 2.44. The Bertz CT molecular complexity index is 517. The van der Waals surface area contributed by atoms with Crippen LogP contribution in [0.15, 0.2) is 53.0 Å². The van der Waals surface area contributed by atoms with Crippen molar-refractivity contribution in [1.82, 2.24) is 0 Å². The third kappa shape index (κ3) is 3.67. The molecule has 0 amide bonds. The summed E-state index contributed by atoms with van der Waals surface area (Å²) in [4.78, 5) is 0. The lowest BCUT2D eigenvalue weighted by molar-refractivity contribution is 0.332. The average molecular weight is 307 g/mol. The molecular formula is C14H15BrN2O. The largest absolute Gasteiger partial charge is 0.492 e. The van der Waals surface area contributed by atoms with Crippen LogP contribution in [0.25, 0.3) is 0 Å². The van der Waals surface area contributed by atoms with E-state index in [4.69, 9.17) is 10.5 Å². The Labute approximate surface area is 115 Å². The Balaban J connectivity index is 1.78. The second-order valence-electron chi connectivity index (χ2n) is 3.82. The molecule has 0 saturated heterocycles. The lowest BCUT2D eigenvalue weighted by Gasteiger charge is -2.10. The highest BCUT2D eigenvalue weighted by Crippen LogP contribution is 2.18. The Morgan fingerprint density at radius 1 is 1.11 bits per heavy atom. The van der Waals surface area contributed by atoms with Gasteiger partial charge >= 0.3 is 0 Å². The summed E-state index contributed by atoms with van der Waals surface area (Å²) in [5.74, 6) is 0.854. The molecule has 0 aromatic heterocycles. The summed E-state index contributed by atoms with van der Waals surface area (Å²) in [7, 11) is 0. The fourth-order valence-corrected chi connectivity index (χ4v) is 1.95. The molecule has 0 unspecified atom stereocenters. The normalized spacial score (nSPS) is 10.1. The maximum Gasteiger partial charge on any atom is 0.120 e. The van der Waals surface area contributed by atoms with Crippen LogP contribution >= 0.6 is 15.9 Å². The molecular weight excluding hydrogens is 292 g/mol. The minimum Gasteiger partial charge on any atom is -0.492 e. The first-order valence-corrected chi connectivity index (χ1v) is 6.52. The Morgan fingerprint density at radius 2 is 1.94 bits per heavy atom. The van der Waals surface area contributed by atoms with Crippen molar-refractivity contribution in [3.05, 3.63) is 53.0 Å². The van der Waals surface area contributed by atoms with Crippen LogP contribution in [0.2, 0.25) is 0 Å². The molecule has 0 radical (unpaired) electrons. The van der Waals surface area contributed by atoms with E-state index in [1.807, 2.05) is 48.5 Å². The van der Waals surface area contributed by atoms with E-state index in [1.54, 1.807) is 0 Å². The molecule has 3 nitrogen and oxygen atoms in total. The molecule has 18 heavy (non-hydrogen) atoms. The minimum atomic E-state index is 0.588. The zero-order chi connectivity index (χ0) is 12.8. The van der Waals surface area contributed by atoms with Crippen LogP contribution in [0, 0.1) is 0 Å². The number of hydrogen-bond donors (Lipinski definition) is 2. The van der Waals surface area contributed by atoms with Gasteiger partial charge in [0.15, 0.2) is 0 Å². The second kappa shape index (κ2) is 6.31. The molecule has 4 heteroatoms. The molecule has 0 bridgehead atoms.